The lowest BCUT2D eigenvalue weighted by atomic mass is 9.66. The normalized spacial score (nSPS) is 22.8. The molecule has 2 aliphatic rings. The molecule has 0 aliphatic heterocycles. The molecule has 2 heterocycles. The van der Waals surface area contributed by atoms with E-state index in [-0.39, 0.29) is 5.92 Å². The summed E-state index contributed by atoms with van der Waals surface area (Å²) in [6.07, 6.45) is 8.60. The number of aromatic nitrogens is 3. The van der Waals surface area contributed by atoms with E-state index in [4.69, 9.17) is 9.97 Å². The first-order valence-electron chi connectivity index (χ1n) is 10.2. The van der Waals surface area contributed by atoms with E-state index >= 15 is 0 Å². The number of hydrogen-bond acceptors (Lipinski definition) is 4. The van der Waals surface area contributed by atoms with Gasteiger partial charge in [0.1, 0.15) is 0 Å². The number of hydrogen-bond donors (Lipinski definition) is 0. The number of benzene rings is 1. The minimum atomic E-state index is 0.277. The molecule has 3 atom stereocenters. The average Bonchev–Trinajstić information content (AvgIpc) is 2.79. The number of nitrogens with zero attached hydrogens (tertiary/aromatic N) is 4. The first-order valence-corrected chi connectivity index (χ1v) is 10.2. The zero-order valence-electron chi connectivity index (χ0n) is 16.4. The first kappa shape index (κ1) is 17.8. The van der Waals surface area contributed by atoms with Crippen LogP contribution in [0.2, 0.25) is 0 Å². The Balaban J connectivity index is 1.72. The van der Waals surface area contributed by atoms with Gasteiger partial charge in [0.05, 0.1) is 17.5 Å². The van der Waals surface area contributed by atoms with Crippen molar-refractivity contribution in [3.05, 3.63) is 77.8 Å². The first-order chi connectivity index (χ1) is 14.2. The van der Waals surface area contributed by atoms with Gasteiger partial charge in [-0.1, -0.05) is 43.3 Å². The van der Waals surface area contributed by atoms with Crippen LogP contribution in [0, 0.1) is 23.2 Å². The van der Waals surface area contributed by atoms with Gasteiger partial charge in [0.15, 0.2) is 5.82 Å². The number of fused-ring (bicyclic) bond motifs is 3. The molecule has 2 aliphatic carbocycles. The van der Waals surface area contributed by atoms with Crippen molar-refractivity contribution in [2.24, 2.45) is 11.8 Å². The number of rotatable bonds is 2. The summed E-state index contributed by atoms with van der Waals surface area (Å²) in [5.41, 5.74) is 6.40. The molecule has 4 heteroatoms. The fourth-order valence-electron chi connectivity index (χ4n) is 4.94. The number of pyridine rings is 1. The van der Waals surface area contributed by atoms with E-state index in [1.54, 1.807) is 12.4 Å². The third-order valence-corrected chi connectivity index (χ3v) is 6.34. The van der Waals surface area contributed by atoms with Gasteiger partial charge in [-0.15, -0.1) is 0 Å². The van der Waals surface area contributed by atoms with Crippen LogP contribution in [0.5, 0.6) is 0 Å². The maximum absolute atomic E-state index is 9.55. The van der Waals surface area contributed by atoms with E-state index in [9.17, 15) is 5.26 Å². The lowest BCUT2D eigenvalue weighted by molar-refractivity contribution is 0.282. The highest BCUT2D eigenvalue weighted by atomic mass is 14.9. The van der Waals surface area contributed by atoms with Crippen molar-refractivity contribution in [2.75, 3.05) is 0 Å². The maximum Gasteiger partial charge on any atom is 0.160 e. The van der Waals surface area contributed by atoms with Gasteiger partial charge in [0.2, 0.25) is 0 Å². The van der Waals surface area contributed by atoms with Crippen LogP contribution in [-0.2, 0) is 6.42 Å². The molecule has 0 N–H and O–H groups in total. The largest absolute Gasteiger partial charge is 0.265 e. The van der Waals surface area contributed by atoms with Crippen LogP contribution in [0.15, 0.2) is 66.5 Å². The summed E-state index contributed by atoms with van der Waals surface area (Å²) in [4.78, 5) is 14.2. The number of nitriles is 1. The van der Waals surface area contributed by atoms with E-state index in [2.05, 4.69) is 48.3 Å². The minimum absolute atomic E-state index is 0.277. The molecule has 3 unspecified atom stereocenters. The maximum atomic E-state index is 9.55. The summed E-state index contributed by atoms with van der Waals surface area (Å²) in [7, 11) is 0. The van der Waals surface area contributed by atoms with Crippen LogP contribution in [-0.4, -0.2) is 15.0 Å². The average molecular weight is 378 g/mol. The second-order valence-electron chi connectivity index (χ2n) is 8.04. The van der Waals surface area contributed by atoms with Gasteiger partial charge in [0.25, 0.3) is 0 Å². The minimum Gasteiger partial charge on any atom is -0.265 e. The zero-order chi connectivity index (χ0) is 19.8. The van der Waals surface area contributed by atoms with Crippen LogP contribution >= 0.6 is 0 Å². The highest BCUT2D eigenvalue weighted by Gasteiger charge is 2.38. The standard InChI is InChI=1S/C25H22N4/c1-16-13-17(15-26)14-22-20(16)7-8-21-23(18-5-3-2-4-6-18)28-25(29-24(21)22)19-9-11-27-12-10-19/h2-6,9-13,16,20,22H,7-8,14H2,1H3. The molecule has 0 amide bonds. The predicted octanol–water partition coefficient (Wildman–Crippen LogP) is 5.34. The highest BCUT2D eigenvalue weighted by molar-refractivity contribution is 5.68. The van der Waals surface area contributed by atoms with Crippen molar-refractivity contribution in [3.8, 4) is 28.7 Å². The van der Waals surface area contributed by atoms with Gasteiger partial charge in [-0.05, 0) is 43.2 Å². The Morgan fingerprint density at radius 1 is 1.00 bits per heavy atom. The van der Waals surface area contributed by atoms with Crippen molar-refractivity contribution >= 4 is 0 Å². The van der Waals surface area contributed by atoms with Gasteiger partial charge in [-0.2, -0.15) is 5.26 Å². The molecule has 5 rings (SSSR count). The molecular formula is C25H22N4. The second-order valence-corrected chi connectivity index (χ2v) is 8.04. The van der Waals surface area contributed by atoms with Crippen molar-refractivity contribution in [2.45, 2.75) is 32.1 Å². The second kappa shape index (κ2) is 7.25. The van der Waals surface area contributed by atoms with Crippen LogP contribution in [0.1, 0.15) is 36.9 Å². The van der Waals surface area contributed by atoms with Crippen LogP contribution < -0.4 is 0 Å². The van der Waals surface area contributed by atoms with E-state index in [0.717, 1.165) is 53.2 Å². The summed E-state index contributed by atoms with van der Waals surface area (Å²) < 4.78 is 0. The quantitative estimate of drug-likeness (QED) is 0.604. The molecule has 0 saturated carbocycles. The monoisotopic (exact) mass is 378 g/mol. The summed E-state index contributed by atoms with van der Waals surface area (Å²) in [6.45, 7) is 2.24. The Kier molecular flexibility index (Phi) is 4.44. The van der Waals surface area contributed by atoms with E-state index in [1.165, 1.54) is 5.56 Å². The summed E-state index contributed by atoms with van der Waals surface area (Å²) in [5.74, 6) is 1.95. The van der Waals surface area contributed by atoms with E-state index in [1.807, 2.05) is 18.2 Å². The Labute approximate surface area is 171 Å². The number of allylic oxidation sites excluding steroid dienone is 2. The SMILES string of the molecule is CC1C=C(C#N)CC2c3nc(-c4ccncc4)nc(-c4ccccc4)c3CCC12. The lowest BCUT2D eigenvalue weighted by Crippen LogP contribution is -2.30. The fourth-order valence-corrected chi connectivity index (χ4v) is 4.94. The van der Waals surface area contributed by atoms with Crippen molar-refractivity contribution < 1.29 is 0 Å². The fraction of sp³-hybridized carbons (Fsp3) is 0.280. The van der Waals surface area contributed by atoms with E-state index in [0.29, 0.717) is 11.8 Å². The Hall–Kier alpha value is -3.32. The van der Waals surface area contributed by atoms with Crippen LogP contribution in [0.4, 0.5) is 0 Å². The highest BCUT2D eigenvalue weighted by Crippen LogP contribution is 2.48. The predicted molar refractivity (Wildman–Crippen MR) is 113 cm³/mol. The Morgan fingerprint density at radius 2 is 1.79 bits per heavy atom. The molecular weight excluding hydrogens is 356 g/mol. The Morgan fingerprint density at radius 3 is 2.55 bits per heavy atom. The van der Waals surface area contributed by atoms with Crippen LogP contribution in [0.3, 0.4) is 0 Å². The van der Waals surface area contributed by atoms with Gasteiger partial charge < -0.3 is 0 Å². The van der Waals surface area contributed by atoms with E-state index < -0.39 is 0 Å². The zero-order valence-corrected chi connectivity index (χ0v) is 16.4. The molecule has 142 valence electrons. The van der Waals surface area contributed by atoms with Crippen molar-refractivity contribution in [1.82, 2.24) is 15.0 Å². The summed E-state index contributed by atoms with van der Waals surface area (Å²) in [5, 5.41) is 9.55. The molecule has 4 nitrogen and oxygen atoms in total. The lowest BCUT2D eigenvalue weighted by Gasteiger charge is -2.39. The van der Waals surface area contributed by atoms with Gasteiger partial charge >= 0.3 is 0 Å². The van der Waals surface area contributed by atoms with Crippen molar-refractivity contribution in [3.63, 3.8) is 0 Å². The third-order valence-electron chi connectivity index (χ3n) is 6.34. The molecule has 1 aromatic carbocycles. The smallest absolute Gasteiger partial charge is 0.160 e. The van der Waals surface area contributed by atoms with Gasteiger partial charge in [0, 0.05) is 40.6 Å². The van der Waals surface area contributed by atoms with Gasteiger partial charge in [-0.25, -0.2) is 9.97 Å². The third kappa shape index (κ3) is 3.13. The molecule has 2 aromatic heterocycles. The summed E-state index contributed by atoms with van der Waals surface area (Å²) >= 11 is 0. The molecule has 0 bridgehead atoms. The molecule has 0 spiro atoms. The molecule has 0 radical (unpaired) electrons. The van der Waals surface area contributed by atoms with Gasteiger partial charge in [-0.3, -0.25) is 4.98 Å². The van der Waals surface area contributed by atoms with Crippen LogP contribution in [0.25, 0.3) is 22.6 Å². The molecule has 0 fully saturated rings. The molecule has 3 aromatic rings. The molecule has 0 saturated heterocycles. The molecule has 29 heavy (non-hydrogen) atoms. The van der Waals surface area contributed by atoms with Crippen molar-refractivity contribution in [1.29, 1.82) is 5.26 Å². The summed E-state index contributed by atoms with van der Waals surface area (Å²) in [6, 6.07) is 16.7. The topological polar surface area (TPSA) is 62.5 Å². The Bertz CT molecular complexity index is 1110.